The van der Waals surface area contributed by atoms with E-state index in [2.05, 4.69) is 0 Å². The quantitative estimate of drug-likeness (QED) is 0.652. The number of fused-ring (bicyclic) bond motifs is 1. The lowest BCUT2D eigenvalue weighted by molar-refractivity contribution is -0.125. The molecule has 0 saturated carbocycles. The number of benzene rings is 1. The predicted molar refractivity (Wildman–Crippen MR) is 47.0 cm³/mol. The van der Waals surface area contributed by atoms with Gasteiger partial charge in [0.1, 0.15) is 6.61 Å². The summed E-state index contributed by atoms with van der Waals surface area (Å²) in [6, 6.07) is 7.34. The molecule has 2 rings (SSSR count). The van der Waals surface area contributed by atoms with E-state index in [1.54, 1.807) is 6.07 Å². The van der Waals surface area contributed by atoms with Gasteiger partial charge < -0.3 is 9.47 Å². The van der Waals surface area contributed by atoms with Crippen LogP contribution in [0.1, 0.15) is 6.92 Å². The third kappa shape index (κ3) is 1.49. The lowest BCUT2D eigenvalue weighted by Crippen LogP contribution is -2.34. The van der Waals surface area contributed by atoms with Gasteiger partial charge in [0.25, 0.3) is 0 Å². The Hall–Kier alpha value is -1.51. The summed E-state index contributed by atoms with van der Waals surface area (Å²) in [6.07, 6.45) is -0.449. The van der Waals surface area contributed by atoms with E-state index in [0.717, 1.165) is 0 Å². The molecular formula is C10H10O3. The summed E-state index contributed by atoms with van der Waals surface area (Å²) >= 11 is 0. The number of hydrogen-bond acceptors (Lipinski definition) is 3. The number of Topliss-reactive ketones (excluding diaryl/α,β-unsaturated/α-hetero) is 1. The minimum Gasteiger partial charge on any atom is -0.485 e. The Morgan fingerprint density at radius 1 is 1.38 bits per heavy atom. The van der Waals surface area contributed by atoms with Crippen molar-refractivity contribution < 1.29 is 14.3 Å². The first kappa shape index (κ1) is 8.10. The van der Waals surface area contributed by atoms with Crippen LogP contribution >= 0.6 is 0 Å². The summed E-state index contributed by atoms with van der Waals surface area (Å²) in [5.74, 6) is 1.35. The Morgan fingerprint density at radius 2 is 2.08 bits per heavy atom. The van der Waals surface area contributed by atoms with E-state index in [0.29, 0.717) is 18.1 Å². The maximum atomic E-state index is 11.0. The molecule has 13 heavy (non-hydrogen) atoms. The summed E-state index contributed by atoms with van der Waals surface area (Å²) in [7, 11) is 0. The highest BCUT2D eigenvalue weighted by molar-refractivity contribution is 5.81. The van der Waals surface area contributed by atoms with Gasteiger partial charge in [-0.05, 0) is 19.1 Å². The first-order valence-corrected chi connectivity index (χ1v) is 4.16. The molecule has 68 valence electrons. The van der Waals surface area contributed by atoms with Crippen LogP contribution in [0.15, 0.2) is 24.3 Å². The van der Waals surface area contributed by atoms with E-state index < -0.39 is 6.10 Å². The molecule has 0 bridgehead atoms. The molecule has 1 aromatic carbocycles. The average Bonchev–Trinajstić information content (AvgIpc) is 2.17. The number of ether oxygens (including phenoxy) is 2. The third-order valence-electron chi connectivity index (χ3n) is 1.96. The van der Waals surface area contributed by atoms with Crippen LogP contribution in [0, 0.1) is 0 Å². The van der Waals surface area contributed by atoms with Crippen LogP contribution in [0.4, 0.5) is 0 Å². The Bertz CT molecular complexity index is 333. The average molecular weight is 178 g/mol. The molecule has 0 spiro atoms. The van der Waals surface area contributed by atoms with E-state index in [-0.39, 0.29) is 5.78 Å². The largest absolute Gasteiger partial charge is 0.485 e. The van der Waals surface area contributed by atoms with Gasteiger partial charge in [0.05, 0.1) is 0 Å². The summed E-state index contributed by atoms with van der Waals surface area (Å²) in [5.41, 5.74) is 0. The maximum absolute atomic E-state index is 11.0. The fraction of sp³-hybridized carbons (Fsp3) is 0.300. The van der Waals surface area contributed by atoms with Crippen molar-refractivity contribution in [2.75, 3.05) is 6.61 Å². The standard InChI is InChI=1S/C10H10O3/c1-7(11)10-6-12-8-4-2-3-5-9(8)13-10/h2-5,10H,6H2,1H3/t10-/m0/s1. The summed E-state index contributed by atoms with van der Waals surface area (Å²) in [6.45, 7) is 1.81. The van der Waals surface area contributed by atoms with Gasteiger partial charge in [0.15, 0.2) is 23.4 Å². The summed E-state index contributed by atoms with van der Waals surface area (Å²) < 4.78 is 10.8. The molecule has 1 aliphatic rings. The molecule has 1 atom stereocenters. The highest BCUT2D eigenvalue weighted by atomic mass is 16.6. The number of para-hydroxylation sites is 2. The number of hydrogen-bond donors (Lipinski definition) is 0. The topological polar surface area (TPSA) is 35.5 Å². The second kappa shape index (κ2) is 3.09. The zero-order valence-electron chi connectivity index (χ0n) is 7.32. The van der Waals surface area contributed by atoms with Crippen molar-refractivity contribution in [1.82, 2.24) is 0 Å². The highest BCUT2D eigenvalue weighted by Gasteiger charge is 2.23. The Labute approximate surface area is 76.3 Å². The van der Waals surface area contributed by atoms with E-state index >= 15 is 0 Å². The van der Waals surface area contributed by atoms with Gasteiger partial charge in [-0.25, -0.2) is 0 Å². The van der Waals surface area contributed by atoms with Gasteiger partial charge >= 0.3 is 0 Å². The minimum atomic E-state index is -0.449. The fourth-order valence-electron chi connectivity index (χ4n) is 1.22. The third-order valence-corrected chi connectivity index (χ3v) is 1.96. The summed E-state index contributed by atoms with van der Waals surface area (Å²) in [4.78, 5) is 11.0. The molecule has 0 aromatic heterocycles. The van der Waals surface area contributed by atoms with Crippen LogP contribution in [0.3, 0.4) is 0 Å². The second-order valence-corrected chi connectivity index (χ2v) is 2.97. The van der Waals surface area contributed by atoms with Crippen molar-refractivity contribution in [3.8, 4) is 11.5 Å². The van der Waals surface area contributed by atoms with Crippen molar-refractivity contribution in [2.45, 2.75) is 13.0 Å². The van der Waals surface area contributed by atoms with E-state index in [4.69, 9.17) is 9.47 Å². The molecule has 0 N–H and O–H groups in total. The Balaban J connectivity index is 2.24. The zero-order chi connectivity index (χ0) is 9.26. The van der Waals surface area contributed by atoms with E-state index in [1.807, 2.05) is 18.2 Å². The van der Waals surface area contributed by atoms with Crippen molar-refractivity contribution in [1.29, 1.82) is 0 Å². The normalized spacial score (nSPS) is 19.6. The zero-order valence-corrected chi connectivity index (χ0v) is 7.32. The Kier molecular flexibility index (Phi) is 1.93. The van der Waals surface area contributed by atoms with Crippen molar-refractivity contribution in [3.63, 3.8) is 0 Å². The lowest BCUT2D eigenvalue weighted by atomic mass is 10.2. The number of carbonyl (C=O) groups excluding carboxylic acids is 1. The minimum absolute atomic E-state index is 0.00509. The van der Waals surface area contributed by atoms with Crippen molar-refractivity contribution >= 4 is 5.78 Å². The molecular weight excluding hydrogens is 168 g/mol. The van der Waals surface area contributed by atoms with Gasteiger partial charge in [-0.15, -0.1) is 0 Å². The van der Waals surface area contributed by atoms with Crippen molar-refractivity contribution in [3.05, 3.63) is 24.3 Å². The van der Waals surface area contributed by atoms with Gasteiger partial charge in [-0.1, -0.05) is 12.1 Å². The maximum Gasteiger partial charge on any atom is 0.190 e. The molecule has 0 fully saturated rings. The molecule has 0 aliphatic carbocycles. The van der Waals surface area contributed by atoms with Crippen LogP contribution in [0.5, 0.6) is 11.5 Å². The molecule has 0 radical (unpaired) electrons. The number of carbonyl (C=O) groups is 1. The number of ketones is 1. The first-order chi connectivity index (χ1) is 6.27. The van der Waals surface area contributed by atoms with Crippen LogP contribution in [0.25, 0.3) is 0 Å². The molecule has 0 saturated heterocycles. The molecule has 1 aliphatic heterocycles. The number of rotatable bonds is 1. The fourth-order valence-corrected chi connectivity index (χ4v) is 1.22. The molecule has 1 heterocycles. The van der Waals surface area contributed by atoms with Crippen LogP contribution in [-0.4, -0.2) is 18.5 Å². The summed E-state index contributed by atoms with van der Waals surface area (Å²) in [5, 5.41) is 0. The first-order valence-electron chi connectivity index (χ1n) is 4.16. The molecule has 0 unspecified atom stereocenters. The predicted octanol–water partition coefficient (Wildman–Crippen LogP) is 1.42. The molecule has 3 nitrogen and oxygen atoms in total. The van der Waals surface area contributed by atoms with Crippen LogP contribution in [-0.2, 0) is 4.79 Å². The second-order valence-electron chi connectivity index (χ2n) is 2.97. The van der Waals surface area contributed by atoms with Gasteiger partial charge in [0, 0.05) is 0 Å². The monoisotopic (exact) mass is 178 g/mol. The molecule has 1 aromatic rings. The molecule has 3 heteroatoms. The SMILES string of the molecule is CC(=O)[C@@H]1COc2ccccc2O1. The highest BCUT2D eigenvalue weighted by Crippen LogP contribution is 2.30. The van der Waals surface area contributed by atoms with Crippen LogP contribution in [0.2, 0.25) is 0 Å². The van der Waals surface area contributed by atoms with Gasteiger partial charge in [-0.3, -0.25) is 4.79 Å². The van der Waals surface area contributed by atoms with Gasteiger partial charge in [-0.2, -0.15) is 0 Å². The van der Waals surface area contributed by atoms with E-state index in [9.17, 15) is 4.79 Å². The van der Waals surface area contributed by atoms with E-state index in [1.165, 1.54) is 6.92 Å². The van der Waals surface area contributed by atoms with Gasteiger partial charge in [0.2, 0.25) is 0 Å². The molecule has 0 amide bonds. The smallest absolute Gasteiger partial charge is 0.190 e. The lowest BCUT2D eigenvalue weighted by Gasteiger charge is -2.24. The Morgan fingerprint density at radius 3 is 2.77 bits per heavy atom. The van der Waals surface area contributed by atoms with Crippen LogP contribution < -0.4 is 9.47 Å². The van der Waals surface area contributed by atoms with Crippen molar-refractivity contribution in [2.24, 2.45) is 0 Å².